The third-order valence-corrected chi connectivity index (χ3v) is 8.98. The van der Waals surface area contributed by atoms with Crippen molar-refractivity contribution < 1.29 is 19.4 Å². The first kappa shape index (κ1) is 44.9. The smallest absolute Gasteiger partial charge is 0.306 e. The summed E-state index contributed by atoms with van der Waals surface area (Å²) in [6, 6.07) is 0. The Balaban J connectivity index is 3.35. The summed E-state index contributed by atoms with van der Waals surface area (Å²) in [6.07, 6.45) is 48.2. The van der Waals surface area contributed by atoms with Crippen LogP contribution in [0.2, 0.25) is 0 Å². The van der Waals surface area contributed by atoms with Gasteiger partial charge in [0.1, 0.15) is 6.10 Å². The van der Waals surface area contributed by atoms with Gasteiger partial charge in [0.25, 0.3) is 0 Å². The SMILES string of the molecule is CCC/C=C\CCCCCCCC(=O)OC(CO)COCCCCCCCCCCCCCC/C=C\CCCCCCCCCC. The molecule has 0 bridgehead atoms. The Morgan fingerprint density at radius 3 is 1.33 bits per heavy atom. The molecular formula is C42H80O4. The third kappa shape index (κ3) is 37.3. The second-order valence-corrected chi connectivity index (χ2v) is 13.7. The molecule has 0 aromatic rings. The lowest BCUT2D eigenvalue weighted by atomic mass is 10.0. The largest absolute Gasteiger partial charge is 0.457 e. The minimum absolute atomic E-state index is 0.173. The molecule has 0 saturated carbocycles. The second kappa shape index (κ2) is 40.0. The van der Waals surface area contributed by atoms with Crippen molar-refractivity contribution in [2.45, 2.75) is 219 Å². The molecule has 0 saturated heterocycles. The predicted octanol–water partition coefficient (Wildman–Crippen LogP) is 13.2. The Morgan fingerprint density at radius 1 is 0.500 bits per heavy atom. The van der Waals surface area contributed by atoms with Gasteiger partial charge in [0.15, 0.2) is 0 Å². The van der Waals surface area contributed by atoms with E-state index in [0.717, 1.165) is 19.3 Å². The number of allylic oxidation sites excluding steroid dienone is 4. The summed E-state index contributed by atoms with van der Waals surface area (Å²) in [5.41, 5.74) is 0. The zero-order valence-electron chi connectivity index (χ0n) is 31.1. The van der Waals surface area contributed by atoms with Crippen molar-refractivity contribution in [1.82, 2.24) is 0 Å². The molecule has 0 fully saturated rings. The highest BCUT2D eigenvalue weighted by molar-refractivity contribution is 5.69. The van der Waals surface area contributed by atoms with E-state index in [1.54, 1.807) is 0 Å². The molecule has 1 N–H and O–H groups in total. The Bertz CT molecular complexity index is 644. The molecule has 0 aliphatic rings. The molecule has 0 aromatic heterocycles. The Morgan fingerprint density at radius 2 is 0.891 bits per heavy atom. The number of ether oxygens (including phenoxy) is 2. The minimum Gasteiger partial charge on any atom is -0.457 e. The monoisotopic (exact) mass is 649 g/mol. The molecule has 0 rings (SSSR count). The number of esters is 1. The zero-order chi connectivity index (χ0) is 33.4. The average molecular weight is 649 g/mol. The highest BCUT2D eigenvalue weighted by atomic mass is 16.6. The molecule has 0 spiro atoms. The van der Waals surface area contributed by atoms with Crippen LogP contribution in [-0.2, 0) is 14.3 Å². The van der Waals surface area contributed by atoms with Gasteiger partial charge in [-0.2, -0.15) is 0 Å². The molecule has 1 atom stereocenters. The number of hydrogen-bond acceptors (Lipinski definition) is 4. The van der Waals surface area contributed by atoms with Crippen LogP contribution in [0.4, 0.5) is 0 Å². The van der Waals surface area contributed by atoms with Crippen LogP contribution in [0.15, 0.2) is 24.3 Å². The number of aliphatic hydroxyl groups is 1. The summed E-state index contributed by atoms with van der Waals surface area (Å²) in [5.74, 6) is -0.211. The van der Waals surface area contributed by atoms with Gasteiger partial charge in [-0.1, -0.05) is 173 Å². The van der Waals surface area contributed by atoms with Crippen molar-refractivity contribution in [3.63, 3.8) is 0 Å². The maximum atomic E-state index is 12.1. The van der Waals surface area contributed by atoms with Gasteiger partial charge >= 0.3 is 5.97 Å². The van der Waals surface area contributed by atoms with E-state index in [0.29, 0.717) is 19.6 Å². The van der Waals surface area contributed by atoms with Gasteiger partial charge in [0.05, 0.1) is 13.2 Å². The van der Waals surface area contributed by atoms with Gasteiger partial charge in [-0.15, -0.1) is 0 Å². The summed E-state index contributed by atoms with van der Waals surface area (Å²) in [4.78, 5) is 12.1. The second-order valence-electron chi connectivity index (χ2n) is 13.7. The molecule has 0 aliphatic heterocycles. The minimum atomic E-state index is -0.534. The predicted molar refractivity (Wildman–Crippen MR) is 201 cm³/mol. The fraction of sp³-hybridized carbons (Fsp3) is 0.881. The maximum Gasteiger partial charge on any atom is 0.306 e. The third-order valence-electron chi connectivity index (χ3n) is 8.98. The fourth-order valence-electron chi connectivity index (χ4n) is 5.91. The van der Waals surface area contributed by atoms with Crippen LogP contribution in [-0.4, -0.2) is 37.0 Å². The Hall–Kier alpha value is -1.13. The summed E-state index contributed by atoms with van der Waals surface area (Å²) in [7, 11) is 0. The van der Waals surface area contributed by atoms with Gasteiger partial charge < -0.3 is 14.6 Å². The van der Waals surface area contributed by atoms with Crippen molar-refractivity contribution in [3.05, 3.63) is 24.3 Å². The number of unbranched alkanes of at least 4 members (excludes halogenated alkanes) is 26. The number of carbonyl (C=O) groups excluding carboxylic acids is 1. The van der Waals surface area contributed by atoms with Crippen molar-refractivity contribution in [3.8, 4) is 0 Å². The van der Waals surface area contributed by atoms with Crippen molar-refractivity contribution >= 4 is 5.97 Å². The number of rotatable bonds is 38. The van der Waals surface area contributed by atoms with Crippen molar-refractivity contribution in [2.24, 2.45) is 0 Å². The van der Waals surface area contributed by atoms with Gasteiger partial charge in [-0.25, -0.2) is 0 Å². The van der Waals surface area contributed by atoms with Gasteiger partial charge in [0.2, 0.25) is 0 Å². The molecule has 0 aromatic carbocycles. The molecule has 272 valence electrons. The molecule has 0 radical (unpaired) electrons. The van der Waals surface area contributed by atoms with E-state index in [2.05, 4.69) is 38.2 Å². The standard InChI is InChI=1S/C42H80O4/c1-3-5-7-9-11-13-15-16-17-18-19-20-21-22-23-24-25-26-27-28-30-32-34-36-38-45-40-41(39-43)46-42(44)37-35-33-31-29-14-12-10-8-6-4-2/h8,10,18-19,41,43H,3-7,9,11-17,20-40H2,1-2H3/b10-8-,19-18-. The van der Waals surface area contributed by atoms with Gasteiger partial charge in [-0.05, 0) is 57.8 Å². The maximum absolute atomic E-state index is 12.1. The van der Waals surface area contributed by atoms with Crippen LogP contribution < -0.4 is 0 Å². The summed E-state index contributed by atoms with van der Waals surface area (Å²) in [6.45, 7) is 5.29. The normalized spacial score (nSPS) is 12.5. The summed E-state index contributed by atoms with van der Waals surface area (Å²) in [5, 5.41) is 9.55. The van der Waals surface area contributed by atoms with Crippen molar-refractivity contribution in [1.29, 1.82) is 0 Å². The van der Waals surface area contributed by atoms with Gasteiger partial charge in [0, 0.05) is 13.0 Å². The van der Waals surface area contributed by atoms with Crippen LogP contribution >= 0.6 is 0 Å². The Labute approximate surface area is 288 Å². The van der Waals surface area contributed by atoms with Crippen LogP contribution in [0, 0.1) is 0 Å². The van der Waals surface area contributed by atoms with E-state index < -0.39 is 6.10 Å². The van der Waals surface area contributed by atoms with Crippen LogP contribution in [0.25, 0.3) is 0 Å². The first-order chi connectivity index (χ1) is 22.7. The first-order valence-electron chi connectivity index (χ1n) is 20.4. The topological polar surface area (TPSA) is 55.8 Å². The average Bonchev–Trinajstić information content (AvgIpc) is 3.06. The van der Waals surface area contributed by atoms with Crippen LogP contribution in [0.1, 0.15) is 213 Å². The number of aliphatic hydroxyl groups excluding tert-OH is 1. The fourth-order valence-corrected chi connectivity index (χ4v) is 5.91. The highest BCUT2D eigenvalue weighted by Gasteiger charge is 2.13. The van der Waals surface area contributed by atoms with E-state index in [-0.39, 0.29) is 12.6 Å². The molecule has 4 heteroatoms. The number of hydrogen-bond donors (Lipinski definition) is 1. The van der Waals surface area contributed by atoms with E-state index in [9.17, 15) is 9.90 Å². The summed E-state index contributed by atoms with van der Waals surface area (Å²) < 4.78 is 11.1. The molecule has 0 aliphatic carbocycles. The zero-order valence-corrected chi connectivity index (χ0v) is 31.1. The van der Waals surface area contributed by atoms with Crippen molar-refractivity contribution in [2.75, 3.05) is 19.8 Å². The van der Waals surface area contributed by atoms with E-state index in [4.69, 9.17) is 9.47 Å². The van der Waals surface area contributed by atoms with E-state index >= 15 is 0 Å². The quantitative estimate of drug-likeness (QED) is 0.0411. The lowest BCUT2D eigenvalue weighted by Gasteiger charge is -2.15. The molecule has 1 unspecified atom stereocenters. The summed E-state index contributed by atoms with van der Waals surface area (Å²) >= 11 is 0. The lowest BCUT2D eigenvalue weighted by Crippen LogP contribution is -2.27. The van der Waals surface area contributed by atoms with Gasteiger partial charge in [-0.3, -0.25) is 4.79 Å². The van der Waals surface area contributed by atoms with Crippen LogP contribution in [0.5, 0.6) is 0 Å². The van der Waals surface area contributed by atoms with Crippen LogP contribution in [0.3, 0.4) is 0 Å². The number of carbonyl (C=O) groups is 1. The first-order valence-corrected chi connectivity index (χ1v) is 20.4. The highest BCUT2D eigenvalue weighted by Crippen LogP contribution is 2.14. The molecule has 46 heavy (non-hydrogen) atoms. The Kier molecular flexibility index (Phi) is 39.1. The lowest BCUT2D eigenvalue weighted by molar-refractivity contribution is -0.154. The van der Waals surface area contributed by atoms with E-state index in [1.807, 2.05) is 0 Å². The molecule has 0 amide bonds. The molecule has 0 heterocycles. The molecular weight excluding hydrogens is 568 g/mol. The molecule has 4 nitrogen and oxygen atoms in total. The van der Waals surface area contributed by atoms with E-state index in [1.165, 1.54) is 173 Å².